The van der Waals surface area contributed by atoms with Crippen LogP contribution >= 0.6 is 0 Å². The van der Waals surface area contributed by atoms with Gasteiger partial charge in [-0.1, -0.05) is 53.7 Å². The molecule has 0 N–H and O–H groups in total. The van der Waals surface area contributed by atoms with Crippen LogP contribution in [0.3, 0.4) is 0 Å². The highest BCUT2D eigenvalue weighted by atomic mass is 16.5. The van der Waals surface area contributed by atoms with Crippen molar-refractivity contribution in [3.63, 3.8) is 0 Å². The lowest BCUT2D eigenvalue weighted by molar-refractivity contribution is -0.164. The Kier molecular flexibility index (Phi) is 5.26. The van der Waals surface area contributed by atoms with Gasteiger partial charge in [-0.2, -0.15) is 5.26 Å². The van der Waals surface area contributed by atoms with E-state index < -0.39 is 10.8 Å². The molecule has 2 fully saturated rings. The molecule has 0 saturated heterocycles. The fourth-order valence-electron chi connectivity index (χ4n) is 9.41. The maximum Gasteiger partial charge on any atom is 0.312 e. The van der Waals surface area contributed by atoms with Gasteiger partial charge in [-0.15, -0.1) is 0 Å². The van der Waals surface area contributed by atoms with E-state index in [1.165, 1.54) is 7.11 Å². The van der Waals surface area contributed by atoms with Gasteiger partial charge in [-0.25, -0.2) is 0 Å². The molecule has 0 spiro atoms. The summed E-state index contributed by atoms with van der Waals surface area (Å²) in [6.07, 6.45) is 11.2. The van der Waals surface area contributed by atoms with Crippen LogP contribution in [0.5, 0.6) is 0 Å². The number of methoxy groups -OCH3 is 1. The quantitative estimate of drug-likeness (QED) is 0.428. The van der Waals surface area contributed by atoms with Gasteiger partial charge in [0, 0.05) is 16.7 Å². The van der Waals surface area contributed by atoms with E-state index >= 15 is 0 Å². The first-order chi connectivity index (χ1) is 16.7. The van der Waals surface area contributed by atoms with Crippen LogP contribution in [0.1, 0.15) is 80.1 Å². The fraction of sp³-hybridized carbons (Fsp3) is 0.677. The van der Waals surface area contributed by atoms with Crippen LogP contribution in [0.4, 0.5) is 0 Å². The first kappa shape index (κ1) is 25.2. The van der Waals surface area contributed by atoms with Gasteiger partial charge >= 0.3 is 5.97 Å². The van der Waals surface area contributed by atoms with Crippen molar-refractivity contribution in [3.05, 3.63) is 34.9 Å². The number of nitriles is 1. The molecule has 0 bridgehead atoms. The summed E-state index contributed by atoms with van der Waals surface area (Å²) in [5.41, 5.74) is 0.579. The normalized spacial score (nSPS) is 44.9. The standard InChI is InChI=1S/C31H39NO4/c1-27(2)23-9-11-31(6)24(29(23,4)16-19(17-32)25(27)34)22(33)15-21-20-14-18(26(35)36-7)8-10-28(20,3)12-13-30(21,31)5/h14-16,18,23-24H,8-13H2,1-7H3/t18-,23?,24?,28+,29-,30+,31+/m0/s1. The maximum absolute atomic E-state index is 14.2. The molecule has 5 heteroatoms. The number of Topliss-reactive ketones (excluding diaryl/α,β-unsaturated/α-hetero) is 1. The molecule has 2 unspecified atom stereocenters. The number of allylic oxidation sites excluding steroid dienone is 5. The Hall–Kier alpha value is -2.48. The molecule has 192 valence electrons. The van der Waals surface area contributed by atoms with Crippen molar-refractivity contribution in [1.82, 2.24) is 0 Å². The van der Waals surface area contributed by atoms with Crippen LogP contribution in [0.2, 0.25) is 0 Å². The van der Waals surface area contributed by atoms with Crippen LogP contribution < -0.4 is 0 Å². The molecular formula is C31H39NO4. The second kappa shape index (κ2) is 7.53. The Morgan fingerprint density at radius 2 is 1.69 bits per heavy atom. The molecule has 36 heavy (non-hydrogen) atoms. The number of ether oxygens (including phenoxy) is 1. The van der Waals surface area contributed by atoms with E-state index in [4.69, 9.17) is 4.74 Å². The predicted octanol–water partition coefficient (Wildman–Crippen LogP) is 5.91. The molecule has 0 aliphatic heterocycles. The predicted molar refractivity (Wildman–Crippen MR) is 136 cm³/mol. The largest absolute Gasteiger partial charge is 0.469 e. The molecular weight excluding hydrogens is 450 g/mol. The van der Waals surface area contributed by atoms with Gasteiger partial charge in [0.2, 0.25) is 0 Å². The molecule has 7 atom stereocenters. The van der Waals surface area contributed by atoms with Gasteiger partial charge in [0.1, 0.15) is 6.07 Å². The van der Waals surface area contributed by atoms with E-state index in [0.717, 1.165) is 49.7 Å². The number of carbonyl (C=O) groups excluding carboxylic acids is 3. The summed E-state index contributed by atoms with van der Waals surface area (Å²) in [5, 5.41) is 9.83. The van der Waals surface area contributed by atoms with Crippen molar-refractivity contribution < 1.29 is 19.1 Å². The number of esters is 1. The molecule has 5 aliphatic carbocycles. The molecule has 2 saturated carbocycles. The number of nitrogens with zero attached hydrogens (tertiary/aromatic N) is 1. The number of carbonyl (C=O) groups is 3. The Balaban J connectivity index is 1.70. The molecule has 0 radical (unpaired) electrons. The van der Waals surface area contributed by atoms with E-state index in [2.05, 4.69) is 39.8 Å². The van der Waals surface area contributed by atoms with Gasteiger partial charge in [0.05, 0.1) is 18.6 Å². The molecule has 0 aromatic rings. The zero-order valence-electron chi connectivity index (χ0n) is 22.8. The van der Waals surface area contributed by atoms with Gasteiger partial charge in [-0.3, -0.25) is 14.4 Å². The lowest BCUT2D eigenvalue weighted by Crippen LogP contribution is -2.64. The third-order valence-electron chi connectivity index (χ3n) is 11.7. The van der Waals surface area contributed by atoms with E-state index in [0.29, 0.717) is 0 Å². The zero-order chi connectivity index (χ0) is 26.5. The Morgan fingerprint density at radius 1 is 1.00 bits per heavy atom. The summed E-state index contributed by atoms with van der Waals surface area (Å²) < 4.78 is 5.08. The maximum atomic E-state index is 14.2. The third-order valence-corrected chi connectivity index (χ3v) is 11.7. The third kappa shape index (κ3) is 2.91. The Bertz CT molecular complexity index is 1210. The van der Waals surface area contributed by atoms with Crippen LogP contribution in [0, 0.1) is 56.2 Å². The summed E-state index contributed by atoms with van der Waals surface area (Å²) in [5.74, 6) is -0.793. The minimum atomic E-state index is -0.689. The second-order valence-corrected chi connectivity index (χ2v) is 13.6. The SMILES string of the molecule is COC(=O)[C@@H]1C=C2C3=CC(=O)C4[C@@]5(C)C=C(C#N)C(=O)C(C)(C)C5CC[C@@]4(C)[C@]3(C)CC[C@@]2(C)CC1. The molecule has 0 amide bonds. The van der Waals surface area contributed by atoms with Crippen LogP contribution in [0.25, 0.3) is 0 Å². The lowest BCUT2D eigenvalue weighted by atomic mass is 9.35. The number of ketones is 2. The van der Waals surface area contributed by atoms with Crippen LogP contribution in [-0.2, 0) is 19.1 Å². The van der Waals surface area contributed by atoms with Gasteiger partial charge in [0.25, 0.3) is 0 Å². The summed E-state index contributed by atoms with van der Waals surface area (Å²) in [6.45, 7) is 12.9. The topological polar surface area (TPSA) is 84.2 Å². The Labute approximate surface area is 215 Å². The van der Waals surface area contributed by atoms with Crippen molar-refractivity contribution in [2.75, 3.05) is 7.11 Å². The minimum absolute atomic E-state index is 0.00151. The number of hydrogen-bond donors (Lipinski definition) is 0. The molecule has 5 aliphatic rings. The molecule has 5 rings (SSSR count). The van der Waals surface area contributed by atoms with Gasteiger partial charge in [-0.05, 0) is 77.9 Å². The smallest absolute Gasteiger partial charge is 0.312 e. The van der Waals surface area contributed by atoms with Crippen molar-refractivity contribution >= 4 is 17.5 Å². The van der Waals surface area contributed by atoms with Crippen molar-refractivity contribution in [2.45, 2.75) is 80.1 Å². The van der Waals surface area contributed by atoms with Crippen LogP contribution in [0.15, 0.2) is 34.9 Å². The van der Waals surface area contributed by atoms with Crippen LogP contribution in [-0.4, -0.2) is 24.6 Å². The van der Waals surface area contributed by atoms with Crippen molar-refractivity contribution in [3.8, 4) is 6.07 Å². The number of fused-ring (bicyclic) bond motifs is 7. The molecule has 0 aromatic heterocycles. The summed E-state index contributed by atoms with van der Waals surface area (Å²) >= 11 is 0. The van der Waals surface area contributed by atoms with Gasteiger partial charge < -0.3 is 4.74 Å². The summed E-state index contributed by atoms with van der Waals surface area (Å²) in [4.78, 5) is 39.9. The Morgan fingerprint density at radius 3 is 2.33 bits per heavy atom. The first-order valence-corrected chi connectivity index (χ1v) is 13.4. The highest BCUT2D eigenvalue weighted by Gasteiger charge is 2.69. The molecule has 0 heterocycles. The second-order valence-electron chi connectivity index (χ2n) is 13.6. The number of hydrogen-bond acceptors (Lipinski definition) is 5. The summed E-state index contributed by atoms with van der Waals surface area (Å²) in [7, 11) is 1.44. The monoisotopic (exact) mass is 489 g/mol. The van der Waals surface area contributed by atoms with E-state index in [1.54, 1.807) is 0 Å². The van der Waals surface area contributed by atoms with E-state index in [1.807, 2.05) is 26.0 Å². The minimum Gasteiger partial charge on any atom is -0.469 e. The lowest BCUT2D eigenvalue weighted by Gasteiger charge is -2.67. The molecule has 5 nitrogen and oxygen atoms in total. The number of rotatable bonds is 1. The fourth-order valence-corrected chi connectivity index (χ4v) is 9.41. The van der Waals surface area contributed by atoms with E-state index in [9.17, 15) is 19.6 Å². The molecule has 0 aromatic carbocycles. The van der Waals surface area contributed by atoms with Crippen molar-refractivity contribution in [2.24, 2.45) is 44.8 Å². The highest BCUT2D eigenvalue weighted by molar-refractivity contribution is 6.05. The van der Waals surface area contributed by atoms with Gasteiger partial charge in [0.15, 0.2) is 11.6 Å². The zero-order valence-corrected chi connectivity index (χ0v) is 22.8. The summed E-state index contributed by atoms with van der Waals surface area (Å²) in [6, 6.07) is 2.15. The highest BCUT2D eigenvalue weighted by Crippen LogP contribution is 2.73. The average Bonchev–Trinajstić information content (AvgIpc) is 2.82. The van der Waals surface area contributed by atoms with Crippen molar-refractivity contribution in [1.29, 1.82) is 5.26 Å². The van der Waals surface area contributed by atoms with E-state index in [-0.39, 0.29) is 57.1 Å². The average molecular weight is 490 g/mol. The first-order valence-electron chi connectivity index (χ1n) is 13.4.